The van der Waals surface area contributed by atoms with Crippen LogP contribution in [0.2, 0.25) is 18.5 Å². The molecule has 0 aliphatic rings. The fourth-order valence-corrected chi connectivity index (χ4v) is 75.4. The van der Waals surface area contributed by atoms with Gasteiger partial charge in [-0.2, -0.15) is 0 Å². The van der Waals surface area contributed by atoms with Crippen LogP contribution in [0.1, 0.15) is 0 Å². The molecular weight excluding hydrogens is 498 g/mol. The van der Waals surface area contributed by atoms with Gasteiger partial charge in [-0.1, -0.05) is 0 Å². The average Bonchev–Trinajstić information content (AvgIpc) is 1.27. The second-order valence-electron chi connectivity index (χ2n) is 1.71. The molecule has 0 N–H and O–H groups in total. The minimum atomic E-state index is -0.736. The van der Waals surface area contributed by atoms with Crippen LogP contribution in [-0.4, -0.2) is 40.6 Å². The van der Waals surface area contributed by atoms with E-state index in [1.54, 1.807) is 0 Å². The van der Waals surface area contributed by atoms with Gasteiger partial charge in [0.05, 0.1) is 0 Å². The molecule has 0 aromatic carbocycles. The first-order chi connectivity index (χ1) is 3.13. The van der Waals surface area contributed by atoms with E-state index >= 15 is 0 Å². The van der Waals surface area contributed by atoms with Crippen molar-refractivity contribution in [2.45, 2.75) is 18.5 Å². The van der Waals surface area contributed by atoms with Gasteiger partial charge in [-0.3, -0.25) is 0 Å². The quantitative estimate of drug-likeness (QED) is 0.514. The molecule has 0 amide bonds. The Hall–Kier alpha value is 2.12. The van der Waals surface area contributed by atoms with Crippen LogP contribution >= 0.6 is 5.27 Å². The molecule has 0 rings (SSSR count). The van der Waals surface area contributed by atoms with Crippen LogP contribution in [0.4, 0.5) is 0 Å². The molecule has 0 saturated heterocycles. The van der Waals surface area contributed by atoms with Gasteiger partial charge in [-0.15, -0.1) is 0 Å². The summed E-state index contributed by atoms with van der Waals surface area (Å²) in [6, 6.07) is 0. The first kappa shape index (κ1) is 9.12. The molecule has 0 fully saturated rings. The minimum absolute atomic E-state index is 0.736. The van der Waals surface area contributed by atoms with Gasteiger partial charge in [0.15, 0.2) is 0 Å². The molecule has 0 heterocycles. The second kappa shape index (κ2) is 4.95. The standard InChI is InChI=1S/4CH3.2Bi.S/h4*1H3;;;. The van der Waals surface area contributed by atoms with Crippen LogP contribution in [-0.2, 0) is 0 Å². The number of rotatable bonds is 2. The fourth-order valence-electron chi connectivity index (χ4n) is 0.327. The Morgan fingerprint density at radius 2 is 1.14 bits per heavy atom. The molecule has 0 aromatic rings. The van der Waals surface area contributed by atoms with E-state index in [0.29, 0.717) is 0 Å². The van der Waals surface area contributed by atoms with Gasteiger partial charge in [-0.05, 0) is 0 Å². The molecule has 44 valence electrons. The Balaban J connectivity index is 2.95. The van der Waals surface area contributed by atoms with E-state index in [1.165, 1.54) is 0 Å². The summed E-state index contributed by atoms with van der Waals surface area (Å²) >= 11 is -1.47. The van der Waals surface area contributed by atoms with Crippen molar-refractivity contribution >= 4 is 45.8 Å². The average molecular weight is 510 g/mol. The molecule has 0 aliphatic carbocycles. The molecule has 0 atom stereocenters. The molecule has 0 aliphatic heterocycles. The zero-order valence-corrected chi connectivity index (χ0v) is 13.1. The Morgan fingerprint density at radius 3 is 1.14 bits per heavy atom. The summed E-state index contributed by atoms with van der Waals surface area (Å²) < 4.78 is 9.93. The Bertz CT molecular complexity index is 39.0. The van der Waals surface area contributed by atoms with Crippen molar-refractivity contribution in [3.8, 4) is 0 Å². The molecule has 0 saturated carbocycles. The molecule has 0 bridgehead atoms. The molecule has 0 unspecified atom stereocenters. The van der Waals surface area contributed by atoms with Gasteiger partial charge in [0.2, 0.25) is 0 Å². The zero-order valence-electron chi connectivity index (χ0n) is 5.30. The third-order valence-electron chi connectivity index (χ3n) is 0.327. The van der Waals surface area contributed by atoms with E-state index in [4.69, 9.17) is 0 Å². The third-order valence-corrected chi connectivity index (χ3v) is 75.4. The molecular formula is C4H12Bi2S. The van der Waals surface area contributed by atoms with E-state index in [2.05, 4.69) is 23.8 Å². The second-order valence-corrected chi connectivity index (χ2v) is 45.9. The van der Waals surface area contributed by atoms with E-state index in [9.17, 15) is 0 Å². The summed E-state index contributed by atoms with van der Waals surface area (Å²) in [5.41, 5.74) is 0. The predicted octanol–water partition coefficient (Wildman–Crippen LogP) is 2.22. The zero-order chi connectivity index (χ0) is 5.86. The summed E-state index contributed by atoms with van der Waals surface area (Å²) in [7, 11) is 0. The van der Waals surface area contributed by atoms with Crippen molar-refractivity contribution < 1.29 is 0 Å². The fraction of sp³-hybridized carbons (Fsp3) is 1.00. The van der Waals surface area contributed by atoms with Crippen LogP contribution in [0.15, 0.2) is 0 Å². The summed E-state index contributed by atoms with van der Waals surface area (Å²) in [6.45, 7) is 0. The van der Waals surface area contributed by atoms with Crippen molar-refractivity contribution in [1.82, 2.24) is 0 Å². The predicted molar refractivity (Wildman–Crippen MR) is 42.6 cm³/mol. The van der Waals surface area contributed by atoms with E-state index in [-0.39, 0.29) is 0 Å². The van der Waals surface area contributed by atoms with E-state index in [0.717, 1.165) is 0 Å². The molecule has 7 heavy (non-hydrogen) atoms. The summed E-state index contributed by atoms with van der Waals surface area (Å²) in [4.78, 5) is 0. The monoisotopic (exact) mass is 510 g/mol. The van der Waals surface area contributed by atoms with Crippen molar-refractivity contribution in [3.63, 3.8) is 0 Å². The Labute approximate surface area is 63.3 Å². The number of hydrogen-bond acceptors (Lipinski definition) is 1. The summed E-state index contributed by atoms with van der Waals surface area (Å²) in [6.07, 6.45) is 0. The van der Waals surface area contributed by atoms with Crippen LogP contribution in [0, 0.1) is 0 Å². The normalized spacial score (nSPS) is 11.1. The van der Waals surface area contributed by atoms with Crippen LogP contribution in [0.5, 0.6) is 0 Å². The summed E-state index contributed by atoms with van der Waals surface area (Å²) in [5, 5.41) is 2.42. The first-order valence-electron chi connectivity index (χ1n) is 2.15. The third kappa shape index (κ3) is 8.12. The van der Waals surface area contributed by atoms with E-state index < -0.39 is 40.6 Å². The van der Waals surface area contributed by atoms with Crippen molar-refractivity contribution in [3.05, 3.63) is 0 Å². The van der Waals surface area contributed by atoms with Gasteiger partial charge in [0.1, 0.15) is 0 Å². The van der Waals surface area contributed by atoms with Crippen molar-refractivity contribution in [2.24, 2.45) is 0 Å². The topological polar surface area (TPSA) is 0 Å². The van der Waals surface area contributed by atoms with Gasteiger partial charge in [0, 0.05) is 0 Å². The molecule has 0 nitrogen and oxygen atoms in total. The van der Waals surface area contributed by atoms with Gasteiger partial charge in [0.25, 0.3) is 0 Å². The first-order valence-corrected chi connectivity index (χ1v) is 25.3. The van der Waals surface area contributed by atoms with Gasteiger partial charge < -0.3 is 0 Å². The summed E-state index contributed by atoms with van der Waals surface area (Å²) in [5.74, 6) is 0. The van der Waals surface area contributed by atoms with Crippen molar-refractivity contribution in [2.75, 3.05) is 0 Å². The van der Waals surface area contributed by atoms with E-state index in [1.807, 2.05) is 0 Å². The Morgan fingerprint density at radius 1 is 0.857 bits per heavy atom. The van der Waals surface area contributed by atoms with Gasteiger partial charge >= 0.3 is 64.4 Å². The maximum atomic E-state index is 2.48. The van der Waals surface area contributed by atoms with Crippen LogP contribution in [0.25, 0.3) is 0 Å². The maximum absolute atomic E-state index is 2.48. The van der Waals surface area contributed by atoms with Crippen LogP contribution < -0.4 is 0 Å². The SMILES string of the molecule is [CH3][Bi]([CH3])[S][Bi]([CH3])[CH3]. The molecule has 0 spiro atoms. The van der Waals surface area contributed by atoms with Crippen molar-refractivity contribution in [1.29, 1.82) is 0 Å². The van der Waals surface area contributed by atoms with Crippen LogP contribution in [0.3, 0.4) is 0 Å². The molecule has 0 radical (unpaired) electrons. The molecule has 0 aromatic heterocycles. The Kier molecular flexibility index (Phi) is 6.44. The van der Waals surface area contributed by atoms with Gasteiger partial charge in [-0.25, -0.2) is 0 Å². The molecule has 3 heteroatoms. The number of hydrogen-bond donors (Lipinski definition) is 0.